The number of nitrogens with one attached hydrogen (secondary N) is 1. The number of aryl methyl sites for hydroxylation is 3. The van der Waals surface area contributed by atoms with Gasteiger partial charge < -0.3 is 10.4 Å². The average Bonchev–Trinajstić information content (AvgIpc) is 2.70. The van der Waals surface area contributed by atoms with E-state index in [1.807, 2.05) is 32.9 Å². The third kappa shape index (κ3) is 3.05. The molecule has 138 valence electrons. The Morgan fingerprint density at radius 3 is 2.12 bits per heavy atom. The van der Waals surface area contributed by atoms with E-state index in [9.17, 15) is 23.1 Å². The lowest BCUT2D eigenvalue weighted by atomic mass is 9.71. The second-order valence-corrected chi connectivity index (χ2v) is 7.70. The summed E-state index contributed by atoms with van der Waals surface area (Å²) in [6, 6.07) is 3.93. The zero-order valence-corrected chi connectivity index (χ0v) is 14.7. The average molecular weight is 355 g/mol. The van der Waals surface area contributed by atoms with Gasteiger partial charge in [0.2, 0.25) is 5.91 Å². The molecule has 1 saturated heterocycles. The van der Waals surface area contributed by atoms with Crippen molar-refractivity contribution in [2.24, 2.45) is 5.92 Å². The van der Waals surface area contributed by atoms with E-state index < -0.39 is 29.7 Å². The number of aliphatic hydroxyl groups is 1. The SMILES string of the molecule is Cc1cc(C)c(C2C(=O)NC3(CCC(C(F)(F)F)CC3)C2O)c(C)c1. The number of benzene rings is 1. The molecule has 1 aromatic rings. The molecule has 1 amide bonds. The summed E-state index contributed by atoms with van der Waals surface area (Å²) in [5, 5.41) is 13.8. The Morgan fingerprint density at radius 2 is 1.64 bits per heavy atom. The van der Waals surface area contributed by atoms with Crippen LogP contribution in [-0.2, 0) is 4.79 Å². The minimum Gasteiger partial charge on any atom is -0.389 e. The summed E-state index contributed by atoms with van der Waals surface area (Å²) in [4.78, 5) is 12.6. The Kier molecular flexibility index (Phi) is 4.38. The molecule has 2 N–H and O–H groups in total. The van der Waals surface area contributed by atoms with Crippen molar-refractivity contribution in [1.82, 2.24) is 5.32 Å². The first kappa shape index (κ1) is 18.2. The zero-order chi connectivity index (χ0) is 18.6. The van der Waals surface area contributed by atoms with E-state index in [4.69, 9.17) is 0 Å². The molecule has 2 fully saturated rings. The Labute approximate surface area is 145 Å². The van der Waals surface area contributed by atoms with Crippen molar-refractivity contribution in [3.05, 3.63) is 34.4 Å². The standard InChI is InChI=1S/C19H24F3NO2/c1-10-8-11(2)14(12(3)9-10)15-16(24)18(23-17(15)25)6-4-13(5-7-18)19(20,21)22/h8-9,13,15-16,24H,4-7H2,1-3H3,(H,23,25). The highest BCUT2D eigenvalue weighted by atomic mass is 19.4. The number of hydrogen-bond donors (Lipinski definition) is 2. The van der Waals surface area contributed by atoms with Crippen molar-refractivity contribution in [3.8, 4) is 0 Å². The fourth-order valence-corrected chi connectivity index (χ4v) is 4.71. The van der Waals surface area contributed by atoms with E-state index in [0.29, 0.717) is 0 Å². The summed E-state index contributed by atoms with van der Waals surface area (Å²) in [5.41, 5.74) is 2.79. The Balaban J connectivity index is 1.88. The van der Waals surface area contributed by atoms with Crippen molar-refractivity contribution in [2.45, 2.75) is 70.2 Å². The van der Waals surface area contributed by atoms with Gasteiger partial charge >= 0.3 is 6.18 Å². The molecule has 2 aliphatic rings. The highest BCUT2D eigenvalue weighted by Gasteiger charge is 2.56. The molecule has 3 nitrogen and oxygen atoms in total. The molecule has 2 atom stereocenters. The van der Waals surface area contributed by atoms with Crippen molar-refractivity contribution in [1.29, 1.82) is 0 Å². The molecule has 0 aromatic heterocycles. The molecule has 0 bridgehead atoms. The van der Waals surface area contributed by atoms with Crippen LogP contribution in [-0.4, -0.2) is 28.8 Å². The molecule has 1 aliphatic heterocycles. The van der Waals surface area contributed by atoms with Crippen LogP contribution in [0.4, 0.5) is 13.2 Å². The molecule has 0 radical (unpaired) electrons. The lowest BCUT2D eigenvalue weighted by Crippen LogP contribution is -2.52. The topological polar surface area (TPSA) is 49.3 Å². The van der Waals surface area contributed by atoms with Crippen LogP contribution in [0.15, 0.2) is 12.1 Å². The molecular weight excluding hydrogens is 331 g/mol. The number of rotatable bonds is 1. The van der Waals surface area contributed by atoms with Gasteiger partial charge in [-0.05, 0) is 63.1 Å². The van der Waals surface area contributed by atoms with Gasteiger partial charge in [-0.2, -0.15) is 13.2 Å². The van der Waals surface area contributed by atoms with Gasteiger partial charge in [-0.15, -0.1) is 0 Å². The third-order valence-electron chi connectivity index (χ3n) is 5.93. The van der Waals surface area contributed by atoms with Crippen LogP contribution in [0.1, 0.15) is 53.9 Å². The summed E-state index contributed by atoms with van der Waals surface area (Å²) in [5.74, 6) is -2.35. The van der Waals surface area contributed by atoms with E-state index in [1.54, 1.807) is 0 Å². The fraction of sp³-hybridized carbons (Fsp3) is 0.632. The number of carbonyl (C=O) groups is 1. The molecule has 3 rings (SSSR count). The Bertz CT molecular complexity index is 667. The van der Waals surface area contributed by atoms with Crippen LogP contribution in [0.25, 0.3) is 0 Å². The van der Waals surface area contributed by atoms with Crippen LogP contribution in [0.2, 0.25) is 0 Å². The zero-order valence-electron chi connectivity index (χ0n) is 14.7. The predicted octanol–water partition coefficient (Wildman–Crippen LogP) is 3.68. The normalized spacial score (nSPS) is 32.9. The summed E-state index contributed by atoms with van der Waals surface area (Å²) in [6.07, 6.45) is -5.01. The maximum atomic E-state index is 12.9. The number of carbonyl (C=O) groups excluding carboxylic acids is 1. The van der Waals surface area contributed by atoms with Gasteiger partial charge in [-0.3, -0.25) is 4.79 Å². The fourth-order valence-electron chi connectivity index (χ4n) is 4.71. The summed E-state index contributed by atoms with van der Waals surface area (Å²) < 4.78 is 38.8. The summed E-state index contributed by atoms with van der Waals surface area (Å²) >= 11 is 0. The van der Waals surface area contributed by atoms with Crippen molar-refractivity contribution in [2.75, 3.05) is 0 Å². The van der Waals surface area contributed by atoms with Crippen molar-refractivity contribution in [3.63, 3.8) is 0 Å². The van der Waals surface area contributed by atoms with E-state index in [2.05, 4.69) is 5.32 Å². The molecule has 25 heavy (non-hydrogen) atoms. The minimum atomic E-state index is -4.21. The third-order valence-corrected chi connectivity index (χ3v) is 5.93. The lowest BCUT2D eigenvalue weighted by molar-refractivity contribution is -0.187. The Hall–Kier alpha value is -1.56. The predicted molar refractivity (Wildman–Crippen MR) is 88.3 cm³/mol. The maximum absolute atomic E-state index is 12.9. The first-order valence-corrected chi connectivity index (χ1v) is 8.70. The van der Waals surface area contributed by atoms with Gasteiger partial charge in [0.25, 0.3) is 0 Å². The quantitative estimate of drug-likeness (QED) is 0.807. The smallest absolute Gasteiger partial charge is 0.389 e. The molecule has 2 unspecified atom stereocenters. The second-order valence-electron chi connectivity index (χ2n) is 7.70. The van der Waals surface area contributed by atoms with Gasteiger partial charge in [0, 0.05) is 0 Å². The van der Waals surface area contributed by atoms with Gasteiger partial charge in [-0.1, -0.05) is 17.7 Å². The van der Waals surface area contributed by atoms with Crippen LogP contribution in [0.3, 0.4) is 0 Å². The second kappa shape index (κ2) is 6.01. The molecule has 1 saturated carbocycles. The van der Waals surface area contributed by atoms with Gasteiger partial charge in [0.1, 0.15) is 0 Å². The van der Waals surface area contributed by atoms with Crippen molar-refractivity contribution >= 4 is 5.91 Å². The van der Waals surface area contributed by atoms with Crippen LogP contribution >= 0.6 is 0 Å². The number of amides is 1. The molecule has 6 heteroatoms. The number of hydrogen-bond acceptors (Lipinski definition) is 2. The van der Waals surface area contributed by atoms with E-state index >= 15 is 0 Å². The van der Waals surface area contributed by atoms with Gasteiger partial charge in [0.05, 0.1) is 23.5 Å². The number of alkyl halides is 3. The Morgan fingerprint density at radius 1 is 1.12 bits per heavy atom. The largest absolute Gasteiger partial charge is 0.391 e. The van der Waals surface area contributed by atoms with Gasteiger partial charge in [-0.25, -0.2) is 0 Å². The minimum absolute atomic E-state index is 0.0561. The molecular formula is C19H24F3NO2. The summed E-state index contributed by atoms with van der Waals surface area (Å²) in [6.45, 7) is 5.77. The first-order chi connectivity index (χ1) is 11.5. The summed E-state index contributed by atoms with van der Waals surface area (Å²) in [7, 11) is 0. The van der Waals surface area contributed by atoms with E-state index in [-0.39, 0.29) is 31.6 Å². The molecule has 1 spiro atoms. The van der Waals surface area contributed by atoms with Crippen LogP contribution in [0, 0.1) is 26.7 Å². The maximum Gasteiger partial charge on any atom is 0.391 e. The van der Waals surface area contributed by atoms with E-state index in [1.165, 1.54) is 0 Å². The van der Waals surface area contributed by atoms with Crippen molar-refractivity contribution < 1.29 is 23.1 Å². The number of aliphatic hydroxyl groups excluding tert-OH is 1. The van der Waals surface area contributed by atoms with Gasteiger partial charge in [0.15, 0.2) is 0 Å². The number of halogens is 3. The molecule has 1 heterocycles. The van der Waals surface area contributed by atoms with Crippen LogP contribution < -0.4 is 5.32 Å². The first-order valence-electron chi connectivity index (χ1n) is 8.70. The van der Waals surface area contributed by atoms with E-state index in [0.717, 1.165) is 22.3 Å². The highest BCUT2D eigenvalue weighted by molar-refractivity contribution is 5.89. The molecule has 1 aliphatic carbocycles. The monoisotopic (exact) mass is 355 g/mol. The lowest BCUT2D eigenvalue weighted by Gasteiger charge is -2.40. The molecule has 1 aromatic carbocycles. The highest BCUT2D eigenvalue weighted by Crippen LogP contribution is 2.48. The van der Waals surface area contributed by atoms with Crippen LogP contribution in [0.5, 0.6) is 0 Å².